The molecule has 0 amide bonds. The highest BCUT2D eigenvalue weighted by Crippen LogP contribution is 2.20. The minimum absolute atomic E-state index is 0.357. The van der Waals surface area contributed by atoms with E-state index in [-0.39, 0.29) is 6.10 Å². The van der Waals surface area contributed by atoms with Gasteiger partial charge in [0, 0.05) is 13.1 Å². The Balaban J connectivity index is 1.47. The summed E-state index contributed by atoms with van der Waals surface area (Å²) >= 11 is 0. The number of likely N-dealkylation sites (tertiary alicyclic amines) is 1. The fourth-order valence-electron chi connectivity index (χ4n) is 3.01. The Bertz CT molecular complexity index is 232. The van der Waals surface area contributed by atoms with Gasteiger partial charge < -0.3 is 20.1 Å². The summed E-state index contributed by atoms with van der Waals surface area (Å²) in [4.78, 5) is 2.37. The molecule has 0 bridgehead atoms. The molecule has 4 heteroatoms. The van der Waals surface area contributed by atoms with Crippen LogP contribution in [0.25, 0.3) is 0 Å². The minimum atomic E-state index is -0.357. The van der Waals surface area contributed by atoms with Gasteiger partial charge in [-0.3, -0.25) is 0 Å². The highest BCUT2D eigenvalue weighted by atomic mass is 16.5. The summed E-state index contributed by atoms with van der Waals surface area (Å²) in [6.07, 6.45) is 6.25. The molecule has 1 aliphatic carbocycles. The Kier molecular flexibility index (Phi) is 5.89. The highest BCUT2D eigenvalue weighted by molar-refractivity contribution is 4.75. The van der Waals surface area contributed by atoms with Crippen molar-refractivity contribution in [2.24, 2.45) is 5.92 Å². The van der Waals surface area contributed by atoms with E-state index >= 15 is 0 Å². The van der Waals surface area contributed by atoms with Crippen LogP contribution in [0.2, 0.25) is 0 Å². The summed E-state index contributed by atoms with van der Waals surface area (Å²) in [6, 6.07) is 0. The van der Waals surface area contributed by atoms with E-state index in [1.54, 1.807) is 0 Å². The van der Waals surface area contributed by atoms with E-state index in [1.807, 2.05) is 0 Å². The maximum absolute atomic E-state index is 9.84. The van der Waals surface area contributed by atoms with E-state index in [1.165, 1.54) is 45.2 Å². The Morgan fingerprint density at radius 1 is 1.33 bits per heavy atom. The van der Waals surface area contributed by atoms with Crippen LogP contribution in [-0.2, 0) is 4.74 Å². The van der Waals surface area contributed by atoms with Crippen molar-refractivity contribution in [2.75, 3.05) is 39.8 Å². The van der Waals surface area contributed by atoms with Gasteiger partial charge in [-0.05, 0) is 45.3 Å². The lowest BCUT2D eigenvalue weighted by molar-refractivity contribution is -0.00558. The third-order valence-electron chi connectivity index (χ3n) is 4.13. The standard InChI is InChI=1S/C14H28N2O2/c1-16-7-6-12(10-16)8-15-9-13(17)11-18-14-4-2-3-5-14/h12-15,17H,2-11H2,1H3. The molecule has 4 nitrogen and oxygen atoms in total. The first kappa shape index (κ1) is 14.3. The molecule has 1 aliphatic heterocycles. The van der Waals surface area contributed by atoms with Crippen molar-refractivity contribution in [3.05, 3.63) is 0 Å². The number of nitrogens with zero attached hydrogens (tertiary/aromatic N) is 1. The molecule has 1 saturated carbocycles. The van der Waals surface area contributed by atoms with Gasteiger partial charge in [0.1, 0.15) is 0 Å². The maximum atomic E-state index is 9.84. The van der Waals surface area contributed by atoms with Crippen molar-refractivity contribution in [1.29, 1.82) is 0 Å². The van der Waals surface area contributed by atoms with E-state index in [0.717, 1.165) is 12.5 Å². The zero-order valence-electron chi connectivity index (χ0n) is 11.6. The number of aliphatic hydroxyl groups is 1. The summed E-state index contributed by atoms with van der Waals surface area (Å²) in [5, 5.41) is 13.2. The van der Waals surface area contributed by atoms with Gasteiger partial charge in [0.2, 0.25) is 0 Å². The second-order valence-corrected chi connectivity index (χ2v) is 5.97. The van der Waals surface area contributed by atoms with Crippen LogP contribution in [0, 0.1) is 5.92 Å². The average Bonchev–Trinajstić information content (AvgIpc) is 2.98. The van der Waals surface area contributed by atoms with Crippen LogP contribution in [0.1, 0.15) is 32.1 Å². The third-order valence-corrected chi connectivity index (χ3v) is 4.13. The zero-order valence-corrected chi connectivity index (χ0v) is 11.6. The van der Waals surface area contributed by atoms with Crippen molar-refractivity contribution < 1.29 is 9.84 Å². The molecule has 0 spiro atoms. The van der Waals surface area contributed by atoms with E-state index < -0.39 is 0 Å². The Labute approximate surface area is 111 Å². The lowest BCUT2D eigenvalue weighted by Crippen LogP contribution is -2.34. The van der Waals surface area contributed by atoms with Crippen molar-refractivity contribution in [3.63, 3.8) is 0 Å². The first-order valence-electron chi connectivity index (χ1n) is 7.43. The van der Waals surface area contributed by atoms with Gasteiger partial charge in [0.05, 0.1) is 18.8 Å². The molecule has 0 radical (unpaired) electrons. The van der Waals surface area contributed by atoms with Crippen molar-refractivity contribution >= 4 is 0 Å². The summed E-state index contributed by atoms with van der Waals surface area (Å²) in [5.41, 5.74) is 0. The Morgan fingerprint density at radius 2 is 2.11 bits per heavy atom. The molecule has 2 unspecified atom stereocenters. The topological polar surface area (TPSA) is 44.7 Å². The molecule has 2 fully saturated rings. The lowest BCUT2D eigenvalue weighted by Gasteiger charge is -2.17. The van der Waals surface area contributed by atoms with Crippen molar-refractivity contribution in [1.82, 2.24) is 10.2 Å². The van der Waals surface area contributed by atoms with Gasteiger partial charge >= 0.3 is 0 Å². The smallest absolute Gasteiger partial charge is 0.0897 e. The molecule has 106 valence electrons. The van der Waals surface area contributed by atoms with Gasteiger partial charge in [-0.1, -0.05) is 12.8 Å². The molecule has 2 N–H and O–H groups in total. The molecule has 0 aromatic carbocycles. The molecule has 0 aromatic heterocycles. The monoisotopic (exact) mass is 256 g/mol. The molecular weight excluding hydrogens is 228 g/mol. The normalized spacial score (nSPS) is 28.0. The largest absolute Gasteiger partial charge is 0.389 e. The maximum Gasteiger partial charge on any atom is 0.0897 e. The summed E-state index contributed by atoms with van der Waals surface area (Å²) in [6.45, 7) is 4.56. The molecule has 18 heavy (non-hydrogen) atoms. The molecule has 2 atom stereocenters. The van der Waals surface area contributed by atoms with Crippen LogP contribution < -0.4 is 5.32 Å². The van der Waals surface area contributed by atoms with Crippen molar-refractivity contribution in [3.8, 4) is 0 Å². The average molecular weight is 256 g/mol. The van der Waals surface area contributed by atoms with Crippen LogP contribution in [0.5, 0.6) is 0 Å². The number of rotatable bonds is 7. The summed E-state index contributed by atoms with van der Waals surface area (Å²) in [7, 11) is 2.17. The molecule has 1 saturated heterocycles. The van der Waals surface area contributed by atoms with Crippen LogP contribution >= 0.6 is 0 Å². The first-order chi connectivity index (χ1) is 8.74. The van der Waals surface area contributed by atoms with Crippen LogP contribution in [-0.4, -0.2) is 62.0 Å². The zero-order chi connectivity index (χ0) is 12.8. The lowest BCUT2D eigenvalue weighted by atomic mass is 10.1. The molecule has 0 aromatic rings. The second kappa shape index (κ2) is 7.43. The number of aliphatic hydroxyl groups excluding tert-OH is 1. The minimum Gasteiger partial charge on any atom is -0.389 e. The Morgan fingerprint density at radius 3 is 2.78 bits per heavy atom. The van der Waals surface area contributed by atoms with E-state index in [0.29, 0.717) is 19.3 Å². The fraction of sp³-hybridized carbons (Fsp3) is 1.00. The quantitative estimate of drug-likeness (QED) is 0.709. The second-order valence-electron chi connectivity index (χ2n) is 5.97. The predicted molar refractivity (Wildman–Crippen MR) is 72.7 cm³/mol. The van der Waals surface area contributed by atoms with Crippen LogP contribution in [0.15, 0.2) is 0 Å². The van der Waals surface area contributed by atoms with E-state index in [2.05, 4.69) is 17.3 Å². The summed E-state index contributed by atoms with van der Waals surface area (Å²) in [5.74, 6) is 0.748. The first-order valence-corrected chi connectivity index (χ1v) is 7.43. The number of nitrogens with one attached hydrogen (secondary N) is 1. The van der Waals surface area contributed by atoms with Gasteiger partial charge in [0.25, 0.3) is 0 Å². The summed E-state index contributed by atoms with van der Waals surface area (Å²) < 4.78 is 5.71. The van der Waals surface area contributed by atoms with E-state index in [9.17, 15) is 5.11 Å². The fourth-order valence-corrected chi connectivity index (χ4v) is 3.01. The number of hydrogen-bond donors (Lipinski definition) is 2. The van der Waals surface area contributed by atoms with Crippen molar-refractivity contribution in [2.45, 2.75) is 44.3 Å². The Hall–Kier alpha value is -0.160. The van der Waals surface area contributed by atoms with Gasteiger partial charge in [0.15, 0.2) is 0 Å². The van der Waals surface area contributed by atoms with Crippen LogP contribution in [0.3, 0.4) is 0 Å². The van der Waals surface area contributed by atoms with Gasteiger partial charge in [-0.15, -0.1) is 0 Å². The number of ether oxygens (including phenoxy) is 1. The highest BCUT2D eigenvalue weighted by Gasteiger charge is 2.20. The third kappa shape index (κ3) is 4.84. The SMILES string of the molecule is CN1CCC(CNCC(O)COC2CCCC2)C1. The molecule has 2 aliphatic rings. The predicted octanol–water partition coefficient (Wildman–Crippen LogP) is 0.848. The van der Waals surface area contributed by atoms with Gasteiger partial charge in [-0.2, -0.15) is 0 Å². The van der Waals surface area contributed by atoms with E-state index in [4.69, 9.17) is 4.74 Å². The van der Waals surface area contributed by atoms with Gasteiger partial charge in [-0.25, -0.2) is 0 Å². The molecule has 2 rings (SSSR count). The molecule has 1 heterocycles. The molecular formula is C14H28N2O2. The van der Waals surface area contributed by atoms with Crippen LogP contribution in [0.4, 0.5) is 0 Å². The number of hydrogen-bond acceptors (Lipinski definition) is 4.